The Hall–Kier alpha value is -1.45. The van der Waals surface area contributed by atoms with Gasteiger partial charge in [0.05, 0.1) is 5.69 Å². The molecule has 1 aliphatic heterocycles. The lowest BCUT2D eigenvalue weighted by atomic mass is 9.89. The topological polar surface area (TPSA) is 51.3 Å². The van der Waals surface area contributed by atoms with Gasteiger partial charge in [-0.2, -0.15) is 0 Å². The van der Waals surface area contributed by atoms with Crippen LogP contribution >= 0.6 is 0 Å². The first-order chi connectivity index (χ1) is 9.52. The van der Waals surface area contributed by atoms with Crippen LogP contribution in [0.2, 0.25) is 0 Å². The number of nitrogen functional groups attached to an aromatic ring is 1. The number of likely N-dealkylation sites (tertiary alicyclic amines) is 1. The third kappa shape index (κ3) is 3.17. The predicted molar refractivity (Wildman–Crippen MR) is 82.6 cm³/mol. The molecule has 4 heteroatoms. The molecule has 1 atom stereocenters. The van der Waals surface area contributed by atoms with Gasteiger partial charge < -0.3 is 15.2 Å². The van der Waals surface area contributed by atoms with Crippen molar-refractivity contribution in [2.75, 3.05) is 18.8 Å². The van der Waals surface area contributed by atoms with Crippen molar-refractivity contribution in [3.05, 3.63) is 18.0 Å². The van der Waals surface area contributed by atoms with Gasteiger partial charge in [0.25, 0.3) is 5.91 Å². The van der Waals surface area contributed by atoms with Crippen LogP contribution in [0.5, 0.6) is 0 Å². The minimum absolute atomic E-state index is 0.132. The molecule has 0 aromatic carbocycles. The third-order valence-corrected chi connectivity index (χ3v) is 4.48. The molecule has 2 rings (SSSR count). The lowest BCUT2D eigenvalue weighted by Gasteiger charge is -2.22. The average molecular weight is 277 g/mol. The molecule has 4 nitrogen and oxygen atoms in total. The minimum atomic E-state index is 0.132. The molecule has 1 saturated heterocycles. The van der Waals surface area contributed by atoms with Crippen molar-refractivity contribution in [1.29, 1.82) is 0 Å². The highest BCUT2D eigenvalue weighted by Crippen LogP contribution is 2.25. The lowest BCUT2D eigenvalue weighted by Crippen LogP contribution is -2.33. The lowest BCUT2D eigenvalue weighted by molar-refractivity contribution is 0.0748. The molecule has 0 bridgehead atoms. The first-order valence-electron chi connectivity index (χ1n) is 7.77. The molecule has 1 aromatic rings. The van der Waals surface area contributed by atoms with Gasteiger partial charge in [0.1, 0.15) is 5.69 Å². The van der Waals surface area contributed by atoms with Crippen molar-refractivity contribution in [1.82, 2.24) is 9.47 Å². The number of aromatic nitrogens is 1. The zero-order chi connectivity index (χ0) is 14.7. The van der Waals surface area contributed by atoms with Crippen LogP contribution in [0.1, 0.15) is 50.5 Å². The third-order valence-electron chi connectivity index (χ3n) is 4.48. The summed E-state index contributed by atoms with van der Waals surface area (Å²) in [5.74, 6) is 1.59. The fraction of sp³-hybridized carbons (Fsp3) is 0.688. The molecule has 0 spiro atoms. The fourth-order valence-electron chi connectivity index (χ4n) is 3.13. The van der Waals surface area contributed by atoms with Gasteiger partial charge in [0.15, 0.2) is 0 Å². The number of hydrogen-bond donors (Lipinski definition) is 1. The van der Waals surface area contributed by atoms with Crippen molar-refractivity contribution in [3.8, 4) is 0 Å². The van der Waals surface area contributed by atoms with E-state index in [-0.39, 0.29) is 5.91 Å². The summed E-state index contributed by atoms with van der Waals surface area (Å²) in [6, 6.07) is 1.80. The number of aryl methyl sites for hydroxylation is 1. The molecule has 2 heterocycles. The van der Waals surface area contributed by atoms with E-state index in [9.17, 15) is 4.79 Å². The highest BCUT2D eigenvalue weighted by Gasteiger charge is 2.24. The first kappa shape index (κ1) is 14.9. The van der Waals surface area contributed by atoms with Gasteiger partial charge in [-0.3, -0.25) is 4.79 Å². The molecule has 1 aromatic heterocycles. The van der Waals surface area contributed by atoms with E-state index in [0.717, 1.165) is 44.1 Å². The highest BCUT2D eigenvalue weighted by molar-refractivity contribution is 5.93. The summed E-state index contributed by atoms with van der Waals surface area (Å²) in [6.45, 7) is 9.12. The number of rotatable bonds is 3. The Bertz CT molecular complexity index is 464. The second kappa shape index (κ2) is 6.33. The summed E-state index contributed by atoms with van der Waals surface area (Å²) in [5.41, 5.74) is 7.22. The number of hydrogen-bond acceptors (Lipinski definition) is 2. The molecule has 2 N–H and O–H groups in total. The Morgan fingerprint density at radius 2 is 2.15 bits per heavy atom. The van der Waals surface area contributed by atoms with E-state index in [4.69, 9.17) is 5.73 Å². The van der Waals surface area contributed by atoms with E-state index in [1.807, 2.05) is 22.6 Å². The molecule has 0 saturated carbocycles. The van der Waals surface area contributed by atoms with Gasteiger partial charge in [0.2, 0.25) is 0 Å². The fourth-order valence-corrected chi connectivity index (χ4v) is 3.13. The van der Waals surface area contributed by atoms with E-state index in [1.54, 1.807) is 6.07 Å². The quantitative estimate of drug-likeness (QED) is 0.923. The van der Waals surface area contributed by atoms with Crippen LogP contribution in [-0.4, -0.2) is 28.5 Å². The maximum Gasteiger partial charge on any atom is 0.270 e. The van der Waals surface area contributed by atoms with Gasteiger partial charge in [-0.25, -0.2) is 0 Å². The van der Waals surface area contributed by atoms with Crippen LogP contribution in [0.3, 0.4) is 0 Å². The van der Waals surface area contributed by atoms with Crippen molar-refractivity contribution >= 4 is 11.6 Å². The second-order valence-electron chi connectivity index (χ2n) is 6.17. The van der Waals surface area contributed by atoms with Crippen LogP contribution in [0.25, 0.3) is 0 Å². The number of anilines is 1. The Labute approximate surface area is 121 Å². The standard InChI is InChI=1S/C16H27N3O/c1-4-18-11-14(17)10-15(18)16(20)19-8-5-6-13(7-9-19)12(2)3/h10-13H,4-9,17H2,1-3H3. The summed E-state index contributed by atoms with van der Waals surface area (Å²) in [7, 11) is 0. The van der Waals surface area contributed by atoms with Crippen LogP contribution in [-0.2, 0) is 6.54 Å². The van der Waals surface area contributed by atoms with E-state index in [2.05, 4.69) is 13.8 Å². The predicted octanol–water partition coefficient (Wildman–Crippen LogP) is 2.99. The maximum absolute atomic E-state index is 12.7. The molecular formula is C16H27N3O. The molecule has 1 unspecified atom stereocenters. The van der Waals surface area contributed by atoms with E-state index >= 15 is 0 Å². The summed E-state index contributed by atoms with van der Waals surface area (Å²) in [4.78, 5) is 14.7. The van der Waals surface area contributed by atoms with Crippen molar-refractivity contribution < 1.29 is 4.79 Å². The Morgan fingerprint density at radius 1 is 1.40 bits per heavy atom. The SMILES string of the molecule is CCn1cc(N)cc1C(=O)N1CCCC(C(C)C)CC1. The number of carbonyl (C=O) groups is 1. The zero-order valence-corrected chi connectivity index (χ0v) is 12.9. The maximum atomic E-state index is 12.7. The smallest absolute Gasteiger partial charge is 0.270 e. The molecule has 0 radical (unpaired) electrons. The average Bonchev–Trinajstić information content (AvgIpc) is 2.64. The molecular weight excluding hydrogens is 250 g/mol. The Morgan fingerprint density at radius 3 is 2.80 bits per heavy atom. The second-order valence-corrected chi connectivity index (χ2v) is 6.17. The minimum Gasteiger partial charge on any atom is -0.397 e. The van der Waals surface area contributed by atoms with Crippen molar-refractivity contribution in [3.63, 3.8) is 0 Å². The number of nitrogens with zero attached hydrogens (tertiary/aromatic N) is 2. The molecule has 1 amide bonds. The van der Waals surface area contributed by atoms with Gasteiger partial charge in [-0.05, 0) is 44.1 Å². The van der Waals surface area contributed by atoms with Gasteiger partial charge in [0, 0.05) is 25.8 Å². The van der Waals surface area contributed by atoms with Crippen LogP contribution in [0.15, 0.2) is 12.3 Å². The summed E-state index contributed by atoms with van der Waals surface area (Å²) >= 11 is 0. The van der Waals surface area contributed by atoms with Crippen molar-refractivity contribution in [2.45, 2.75) is 46.6 Å². The van der Waals surface area contributed by atoms with Gasteiger partial charge in [-0.15, -0.1) is 0 Å². The number of nitrogens with two attached hydrogens (primary N) is 1. The van der Waals surface area contributed by atoms with Crippen LogP contribution in [0, 0.1) is 11.8 Å². The van der Waals surface area contributed by atoms with Crippen molar-refractivity contribution in [2.24, 2.45) is 11.8 Å². The van der Waals surface area contributed by atoms with Gasteiger partial charge in [-0.1, -0.05) is 13.8 Å². The van der Waals surface area contributed by atoms with E-state index in [1.165, 1.54) is 6.42 Å². The molecule has 20 heavy (non-hydrogen) atoms. The van der Waals surface area contributed by atoms with E-state index < -0.39 is 0 Å². The number of amides is 1. The highest BCUT2D eigenvalue weighted by atomic mass is 16.2. The summed E-state index contributed by atoms with van der Waals surface area (Å²) in [5, 5.41) is 0. The Kier molecular flexibility index (Phi) is 4.73. The van der Waals surface area contributed by atoms with E-state index in [0.29, 0.717) is 11.6 Å². The van der Waals surface area contributed by atoms with Crippen LogP contribution in [0.4, 0.5) is 5.69 Å². The number of carbonyl (C=O) groups excluding carboxylic acids is 1. The Balaban J connectivity index is 2.09. The summed E-state index contributed by atoms with van der Waals surface area (Å²) < 4.78 is 1.95. The summed E-state index contributed by atoms with van der Waals surface area (Å²) in [6.07, 6.45) is 5.31. The molecule has 1 aliphatic rings. The molecule has 1 fully saturated rings. The molecule has 0 aliphatic carbocycles. The first-order valence-corrected chi connectivity index (χ1v) is 7.77. The van der Waals surface area contributed by atoms with Crippen LogP contribution < -0.4 is 5.73 Å². The molecule has 112 valence electrons. The van der Waals surface area contributed by atoms with Gasteiger partial charge >= 0.3 is 0 Å². The largest absolute Gasteiger partial charge is 0.397 e. The normalized spacial score (nSPS) is 20.2. The monoisotopic (exact) mass is 277 g/mol. The zero-order valence-electron chi connectivity index (χ0n) is 12.9.